The predicted octanol–water partition coefficient (Wildman–Crippen LogP) is 4.26. The van der Waals surface area contributed by atoms with E-state index in [1.807, 2.05) is 24.3 Å². The molecule has 0 bridgehead atoms. The summed E-state index contributed by atoms with van der Waals surface area (Å²) in [4.78, 5) is 10.3. The number of nitrogens with two attached hydrogens (primary N) is 1. The first kappa shape index (κ1) is 14.7. The minimum Gasteiger partial charge on any atom is -0.398 e. The zero-order valence-electron chi connectivity index (χ0n) is 10.6. The molecule has 4 nitrogen and oxygen atoms in total. The Morgan fingerprint density at radius 1 is 1.15 bits per heavy atom. The van der Waals surface area contributed by atoms with Crippen molar-refractivity contribution in [2.45, 2.75) is 11.5 Å². The second-order valence-corrected chi connectivity index (χ2v) is 5.62. The van der Waals surface area contributed by atoms with Crippen LogP contribution in [0.5, 0.6) is 0 Å². The van der Waals surface area contributed by atoms with Crippen molar-refractivity contribution < 1.29 is 4.92 Å². The molecule has 0 amide bonds. The topological polar surface area (TPSA) is 69.2 Å². The number of benzene rings is 2. The highest BCUT2D eigenvalue weighted by molar-refractivity contribution is 7.97. The summed E-state index contributed by atoms with van der Waals surface area (Å²) >= 11 is 7.70. The molecule has 0 heterocycles. The van der Waals surface area contributed by atoms with Crippen molar-refractivity contribution in [3.8, 4) is 0 Å². The van der Waals surface area contributed by atoms with Crippen molar-refractivity contribution in [2.24, 2.45) is 0 Å². The molecule has 0 saturated heterocycles. The van der Waals surface area contributed by atoms with E-state index in [1.54, 1.807) is 17.8 Å². The van der Waals surface area contributed by atoms with Crippen molar-refractivity contribution in [3.05, 3.63) is 68.7 Å². The number of halogens is 1. The van der Waals surface area contributed by atoms with E-state index in [-0.39, 0.29) is 5.69 Å². The standard InChI is InChI=1S/C14H13ClN2O2S/c15-13-4-2-1-3-10(13)8-20-9-11-7-12(17(18)19)5-6-14(11)16/h1-7H,8-9,16H2. The molecule has 20 heavy (non-hydrogen) atoms. The highest BCUT2D eigenvalue weighted by atomic mass is 35.5. The molecule has 104 valence electrons. The Morgan fingerprint density at radius 2 is 1.85 bits per heavy atom. The van der Waals surface area contributed by atoms with Crippen LogP contribution in [0.25, 0.3) is 0 Å². The smallest absolute Gasteiger partial charge is 0.269 e. The Bertz CT molecular complexity index is 634. The van der Waals surface area contributed by atoms with Gasteiger partial charge in [0.05, 0.1) is 4.92 Å². The Balaban J connectivity index is 2.02. The summed E-state index contributed by atoms with van der Waals surface area (Å²) in [5.74, 6) is 1.35. The first-order chi connectivity index (χ1) is 9.58. The molecular formula is C14H13ClN2O2S. The van der Waals surface area contributed by atoms with Crippen LogP contribution in [0, 0.1) is 10.1 Å². The molecular weight excluding hydrogens is 296 g/mol. The van der Waals surface area contributed by atoms with Gasteiger partial charge in [-0.2, -0.15) is 11.8 Å². The first-order valence-corrected chi connectivity index (χ1v) is 7.45. The largest absolute Gasteiger partial charge is 0.398 e. The van der Waals surface area contributed by atoms with E-state index in [0.717, 1.165) is 21.9 Å². The average Bonchev–Trinajstić information content (AvgIpc) is 2.42. The van der Waals surface area contributed by atoms with Crippen LogP contribution in [0.4, 0.5) is 11.4 Å². The van der Waals surface area contributed by atoms with Gasteiger partial charge in [-0.3, -0.25) is 10.1 Å². The van der Waals surface area contributed by atoms with Crippen molar-refractivity contribution in [2.75, 3.05) is 5.73 Å². The van der Waals surface area contributed by atoms with Gasteiger partial charge in [-0.1, -0.05) is 29.8 Å². The summed E-state index contributed by atoms with van der Waals surface area (Å²) in [6, 6.07) is 12.1. The second kappa shape index (κ2) is 6.63. The molecule has 0 aliphatic heterocycles. The van der Waals surface area contributed by atoms with Crippen LogP contribution < -0.4 is 5.73 Å². The summed E-state index contributed by atoms with van der Waals surface area (Å²) in [5.41, 5.74) is 8.29. The van der Waals surface area contributed by atoms with Crippen LogP contribution in [-0.2, 0) is 11.5 Å². The molecule has 0 saturated carbocycles. The van der Waals surface area contributed by atoms with Crippen LogP contribution in [0.1, 0.15) is 11.1 Å². The summed E-state index contributed by atoms with van der Waals surface area (Å²) in [6.07, 6.45) is 0. The van der Waals surface area contributed by atoms with Gasteiger partial charge in [0.2, 0.25) is 0 Å². The number of anilines is 1. The van der Waals surface area contributed by atoms with E-state index in [0.29, 0.717) is 11.4 Å². The molecule has 0 atom stereocenters. The molecule has 0 fully saturated rings. The van der Waals surface area contributed by atoms with Gasteiger partial charge in [0, 0.05) is 34.3 Å². The van der Waals surface area contributed by atoms with Gasteiger partial charge in [-0.15, -0.1) is 0 Å². The number of hydrogen-bond donors (Lipinski definition) is 1. The average molecular weight is 309 g/mol. The summed E-state index contributed by atoms with van der Waals surface area (Å²) in [7, 11) is 0. The maximum absolute atomic E-state index is 10.7. The SMILES string of the molecule is Nc1ccc([N+](=O)[O-])cc1CSCc1ccccc1Cl. The fourth-order valence-electron chi connectivity index (χ4n) is 1.72. The number of thioether (sulfide) groups is 1. The Labute approximate surface area is 126 Å². The Morgan fingerprint density at radius 3 is 2.55 bits per heavy atom. The Hall–Kier alpha value is -1.72. The molecule has 2 aromatic carbocycles. The lowest BCUT2D eigenvalue weighted by Crippen LogP contribution is -1.96. The zero-order chi connectivity index (χ0) is 14.5. The summed E-state index contributed by atoms with van der Waals surface area (Å²) in [6.45, 7) is 0. The van der Waals surface area contributed by atoms with Crippen LogP contribution in [0.3, 0.4) is 0 Å². The van der Waals surface area contributed by atoms with Gasteiger partial charge in [-0.25, -0.2) is 0 Å². The molecule has 6 heteroatoms. The van der Waals surface area contributed by atoms with E-state index in [1.165, 1.54) is 12.1 Å². The fraction of sp³-hybridized carbons (Fsp3) is 0.143. The number of nitro groups is 1. The molecule has 0 aliphatic carbocycles. The lowest BCUT2D eigenvalue weighted by molar-refractivity contribution is -0.384. The molecule has 2 aromatic rings. The highest BCUT2D eigenvalue weighted by Crippen LogP contribution is 2.27. The maximum atomic E-state index is 10.7. The fourth-order valence-corrected chi connectivity index (χ4v) is 3.04. The lowest BCUT2D eigenvalue weighted by Gasteiger charge is -2.06. The van der Waals surface area contributed by atoms with E-state index >= 15 is 0 Å². The van der Waals surface area contributed by atoms with Crippen molar-refractivity contribution in [1.29, 1.82) is 0 Å². The number of hydrogen-bond acceptors (Lipinski definition) is 4. The number of non-ortho nitro benzene ring substituents is 1. The van der Waals surface area contributed by atoms with Gasteiger partial charge in [-0.05, 0) is 23.3 Å². The number of nitrogen functional groups attached to an aromatic ring is 1. The Kier molecular flexibility index (Phi) is 4.87. The number of rotatable bonds is 5. The van der Waals surface area contributed by atoms with Gasteiger partial charge >= 0.3 is 0 Å². The van der Waals surface area contributed by atoms with Crippen LogP contribution in [0.15, 0.2) is 42.5 Å². The summed E-state index contributed by atoms with van der Waals surface area (Å²) < 4.78 is 0. The molecule has 2 N–H and O–H groups in total. The van der Waals surface area contributed by atoms with E-state index in [4.69, 9.17) is 17.3 Å². The van der Waals surface area contributed by atoms with Crippen LogP contribution in [-0.4, -0.2) is 4.92 Å². The highest BCUT2D eigenvalue weighted by Gasteiger charge is 2.09. The quantitative estimate of drug-likeness (QED) is 0.509. The van der Waals surface area contributed by atoms with Gasteiger partial charge < -0.3 is 5.73 Å². The van der Waals surface area contributed by atoms with Crippen molar-refractivity contribution >= 4 is 34.7 Å². The van der Waals surface area contributed by atoms with Gasteiger partial charge in [0.25, 0.3) is 5.69 Å². The molecule has 2 rings (SSSR count). The minimum absolute atomic E-state index is 0.0625. The molecule has 0 aliphatic rings. The zero-order valence-corrected chi connectivity index (χ0v) is 12.2. The van der Waals surface area contributed by atoms with E-state index in [9.17, 15) is 10.1 Å². The normalized spacial score (nSPS) is 10.4. The monoisotopic (exact) mass is 308 g/mol. The van der Waals surface area contributed by atoms with Crippen LogP contribution >= 0.6 is 23.4 Å². The third kappa shape index (κ3) is 3.65. The van der Waals surface area contributed by atoms with E-state index in [2.05, 4.69) is 0 Å². The minimum atomic E-state index is -0.415. The summed E-state index contributed by atoms with van der Waals surface area (Å²) in [5, 5.41) is 11.5. The third-order valence-corrected chi connectivity index (χ3v) is 4.21. The number of nitro benzene ring substituents is 1. The maximum Gasteiger partial charge on any atom is 0.269 e. The van der Waals surface area contributed by atoms with Crippen LogP contribution in [0.2, 0.25) is 5.02 Å². The second-order valence-electron chi connectivity index (χ2n) is 4.22. The van der Waals surface area contributed by atoms with Crippen molar-refractivity contribution in [1.82, 2.24) is 0 Å². The van der Waals surface area contributed by atoms with Gasteiger partial charge in [0.15, 0.2) is 0 Å². The van der Waals surface area contributed by atoms with Gasteiger partial charge in [0.1, 0.15) is 0 Å². The number of nitrogens with zero attached hydrogens (tertiary/aromatic N) is 1. The molecule has 0 aromatic heterocycles. The lowest BCUT2D eigenvalue weighted by atomic mass is 10.2. The molecule has 0 spiro atoms. The molecule has 0 radical (unpaired) electrons. The van der Waals surface area contributed by atoms with Crippen molar-refractivity contribution in [3.63, 3.8) is 0 Å². The third-order valence-electron chi connectivity index (χ3n) is 2.81. The predicted molar refractivity (Wildman–Crippen MR) is 84.0 cm³/mol. The van der Waals surface area contributed by atoms with E-state index < -0.39 is 4.92 Å². The first-order valence-electron chi connectivity index (χ1n) is 5.92. The molecule has 0 unspecified atom stereocenters.